The minimum Gasteiger partial charge on any atom is -0.313 e. The number of benzene rings is 1. The van der Waals surface area contributed by atoms with Crippen LogP contribution in [0.3, 0.4) is 0 Å². The first-order valence-corrected chi connectivity index (χ1v) is 7.80. The lowest BCUT2D eigenvalue weighted by Gasteiger charge is -2.30. The highest BCUT2D eigenvalue weighted by Crippen LogP contribution is 2.15. The molecule has 18 heavy (non-hydrogen) atoms. The van der Waals surface area contributed by atoms with E-state index in [1.54, 1.807) is 18.2 Å². The van der Waals surface area contributed by atoms with Gasteiger partial charge in [0.1, 0.15) is 0 Å². The van der Waals surface area contributed by atoms with Crippen LogP contribution in [0.2, 0.25) is 0 Å². The van der Waals surface area contributed by atoms with Crippen molar-refractivity contribution >= 4 is 10.0 Å². The predicted molar refractivity (Wildman–Crippen MR) is 72.0 cm³/mol. The fourth-order valence-electron chi connectivity index (χ4n) is 2.25. The standard InChI is InChI=1S/C13H20N2O2S/c1-10-5-3-6-12(9-10)18(16,17)15-13-7-4-8-14-11(13)2/h3,5-6,9,11,13-15H,4,7-8H2,1-2H3/t11-,13-/m1/s1. The van der Waals surface area contributed by atoms with Crippen molar-refractivity contribution in [2.45, 2.75) is 43.7 Å². The van der Waals surface area contributed by atoms with Gasteiger partial charge in [-0.1, -0.05) is 12.1 Å². The maximum absolute atomic E-state index is 12.3. The third-order valence-electron chi connectivity index (χ3n) is 3.37. The van der Waals surface area contributed by atoms with Crippen molar-refractivity contribution in [1.82, 2.24) is 10.0 Å². The van der Waals surface area contributed by atoms with Gasteiger partial charge >= 0.3 is 0 Å². The number of nitrogens with one attached hydrogen (secondary N) is 2. The fourth-order valence-corrected chi connectivity index (χ4v) is 3.71. The molecule has 2 N–H and O–H groups in total. The zero-order chi connectivity index (χ0) is 13.2. The monoisotopic (exact) mass is 268 g/mol. The minimum atomic E-state index is -3.41. The molecule has 0 spiro atoms. The Labute approximate surface area is 109 Å². The fraction of sp³-hybridized carbons (Fsp3) is 0.538. The summed E-state index contributed by atoms with van der Waals surface area (Å²) in [7, 11) is -3.41. The van der Waals surface area contributed by atoms with Gasteiger partial charge in [-0.2, -0.15) is 0 Å². The average molecular weight is 268 g/mol. The summed E-state index contributed by atoms with van der Waals surface area (Å²) in [5.74, 6) is 0. The van der Waals surface area contributed by atoms with Crippen LogP contribution < -0.4 is 10.0 Å². The van der Waals surface area contributed by atoms with E-state index in [2.05, 4.69) is 10.0 Å². The first kappa shape index (κ1) is 13.5. The van der Waals surface area contributed by atoms with E-state index in [0.29, 0.717) is 4.90 Å². The van der Waals surface area contributed by atoms with Crippen molar-refractivity contribution in [3.05, 3.63) is 29.8 Å². The summed E-state index contributed by atoms with van der Waals surface area (Å²) in [6.07, 6.45) is 1.89. The van der Waals surface area contributed by atoms with E-state index in [-0.39, 0.29) is 12.1 Å². The van der Waals surface area contributed by atoms with Crippen LogP contribution >= 0.6 is 0 Å². The average Bonchev–Trinajstić information content (AvgIpc) is 2.32. The number of rotatable bonds is 3. The molecule has 0 radical (unpaired) electrons. The molecule has 1 aliphatic rings. The molecule has 0 aromatic heterocycles. The molecule has 2 rings (SSSR count). The molecule has 5 heteroatoms. The zero-order valence-electron chi connectivity index (χ0n) is 10.8. The third kappa shape index (κ3) is 3.10. The Morgan fingerprint density at radius 2 is 2.17 bits per heavy atom. The van der Waals surface area contributed by atoms with Crippen LogP contribution in [0.4, 0.5) is 0 Å². The Morgan fingerprint density at radius 3 is 2.83 bits per heavy atom. The van der Waals surface area contributed by atoms with E-state index in [0.717, 1.165) is 24.9 Å². The molecule has 1 saturated heterocycles. The van der Waals surface area contributed by atoms with Crippen molar-refractivity contribution in [1.29, 1.82) is 0 Å². The van der Waals surface area contributed by atoms with Crippen LogP contribution in [0.25, 0.3) is 0 Å². The van der Waals surface area contributed by atoms with Crippen LogP contribution in [0.1, 0.15) is 25.3 Å². The van der Waals surface area contributed by atoms with Crippen LogP contribution in [0.15, 0.2) is 29.2 Å². The summed E-state index contributed by atoms with van der Waals surface area (Å²) in [5.41, 5.74) is 0.952. The number of hydrogen-bond donors (Lipinski definition) is 2. The Balaban J connectivity index is 2.16. The van der Waals surface area contributed by atoms with E-state index in [1.807, 2.05) is 19.9 Å². The quantitative estimate of drug-likeness (QED) is 0.871. The highest BCUT2D eigenvalue weighted by molar-refractivity contribution is 7.89. The highest BCUT2D eigenvalue weighted by Gasteiger charge is 2.26. The van der Waals surface area contributed by atoms with Gasteiger partial charge in [-0.3, -0.25) is 0 Å². The van der Waals surface area contributed by atoms with Crippen molar-refractivity contribution in [2.75, 3.05) is 6.54 Å². The summed E-state index contributed by atoms with van der Waals surface area (Å²) in [6, 6.07) is 7.15. The van der Waals surface area contributed by atoms with Crippen LogP contribution in [-0.2, 0) is 10.0 Å². The van der Waals surface area contributed by atoms with Gasteiger partial charge in [0.05, 0.1) is 4.90 Å². The van der Waals surface area contributed by atoms with Gasteiger partial charge in [0.2, 0.25) is 10.0 Å². The maximum Gasteiger partial charge on any atom is 0.240 e. The normalized spacial score (nSPS) is 25.0. The predicted octanol–water partition coefficient (Wildman–Crippen LogP) is 1.41. The van der Waals surface area contributed by atoms with Gasteiger partial charge < -0.3 is 5.32 Å². The summed E-state index contributed by atoms with van der Waals surface area (Å²) in [4.78, 5) is 0.347. The largest absolute Gasteiger partial charge is 0.313 e. The molecule has 1 aliphatic heterocycles. The second-order valence-electron chi connectivity index (χ2n) is 4.93. The first-order valence-electron chi connectivity index (χ1n) is 6.31. The Bertz CT molecular complexity index is 513. The zero-order valence-corrected chi connectivity index (χ0v) is 11.6. The second kappa shape index (κ2) is 5.38. The Morgan fingerprint density at radius 1 is 1.39 bits per heavy atom. The number of piperidine rings is 1. The summed E-state index contributed by atoms with van der Waals surface area (Å²) >= 11 is 0. The second-order valence-corrected chi connectivity index (χ2v) is 6.64. The van der Waals surface area contributed by atoms with E-state index >= 15 is 0 Å². The molecule has 0 saturated carbocycles. The van der Waals surface area contributed by atoms with Crippen LogP contribution in [0.5, 0.6) is 0 Å². The molecular weight excluding hydrogens is 248 g/mol. The molecule has 0 amide bonds. The number of sulfonamides is 1. The van der Waals surface area contributed by atoms with Gasteiger partial charge in [-0.05, 0) is 50.9 Å². The highest BCUT2D eigenvalue weighted by atomic mass is 32.2. The van der Waals surface area contributed by atoms with Crippen LogP contribution in [0, 0.1) is 6.92 Å². The summed E-state index contributed by atoms with van der Waals surface area (Å²) < 4.78 is 27.3. The van der Waals surface area contributed by atoms with Crippen LogP contribution in [-0.4, -0.2) is 27.0 Å². The van der Waals surface area contributed by atoms with E-state index in [9.17, 15) is 8.42 Å². The smallest absolute Gasteiger partial charge is 0.240 e. The van der Waals surface area contributed by atoms with Crippen molar-refractivity contribution < 1.29 is 8.42 Å². The molecule has 4 nitrogen and oxygen atoms in total. The molecule has 0 aliphatic carbocycles. The van der Waals surface area contributed by atoms with Gasteiger partial charge in [-0.25, -0.2) is 13.1 Å². The van der Waals surface area contributed by atoms with Gasteiger partial charge in [-0.15, -0.1) is 0 Å². The first-order chi connectivity index (χ1) is 8.49. The topological polar surface area (TPSA) is 58.2 Å². The lowest BCUT2D eigenvalue weighted by atomic mass is 10.0. The molecule has 1 aromatic rings. The molecule has 1 fully saturated rings. The summed E-state index contributed by atoms with van der Waals surface area (Å²) in [6.45, 7) is 4.87. The van der Waals surface area contributed by atoms with E-state index < -0.39 is 10.0 Å². The summed E-state index contributed by atoms with van der Waals surface area (Å²) in [5, 5.41) is 3.29. The van der Waals surface area contributed by atoms with Gasteiger partial charge in [0.25, 0.3) is 0 Å². The van der Waals surface area contributed by atoms with E-state index in [1.165, 1.54) is 0 Å². The number of aryl methyl sites for hydroxylation is 1. The minimum absolute atomic E-state index is 0.0238. The van der Waals surface area contributed by atoms with Gasteiger partial charge in [0, 0.05) is 12.1 Å². The SMILES string of the molecule is Cc1cccc(S(=O)(=O)N[C@@H]2CCCN[C@@H]2C)c1. The van der Waals surface area contributed by atoms with Crippen molar-refractivity contribution in [3.8, 4) is 0 Å². The third-order valence-corrected chi connectivity index (χ3v) is 4.86. The van der Waals surface area contributed by atoms with Crippen molar-refractivity contribution in [3.63, 3.8) is 0 Å². The van der Waals surface area contributed by atoms with Gasteiger partial charge in [0.15, 0.2) is 0 Å². The molecule has 0 unspecified atom stereocenters. The van der Waals surface area contributed by atoms with Crippen molar-refractivity contribution in [2.24, 2.45) is 0 Å². The lowest BCUT2D eigenvalue weighted by molar-refractivity contribution is 0.349. The Hall–Kier alpha value is -0.910. The Kier molecular flexibility index (Phi) is 4.04. The molecule has 1 aromatic carbocycles. The molecule has 2 atom stereocenters. The lowest BCUT2D eigenvalue weighted by Crippen LogP contribution is -2.51. The van der Waals surface area contributed by atoms with E-state index in [4.69, 9.17) is 0 Å². The molecule has 1 heterocycles. The molecule has 100 valence electrons. The molecule has 0 bridgehead atoms. The molecular formula is C13H20N2O2S. The number of hydrogen-bond acceptors (Lipinski definition) is 3. The maximum atomic E-state index is 12.3.